The molecule has 0 heterocycles. The molecule has 0 spiro atoms. The molecule has 0 bridgehead atoms. The van der Waals surface area contributed by atoms with Gasteiger partial charge in [0.2, 0.25) is 0 Å². The quantitative estimate of drug-likeness (QED) is 0.295. The second-order valence-electron chi connectivity index (χ2n) is 4.25. The number of nitrogens with zero attached hydrogens (tertiary/aromatic N) is 4. The van der Waals surface area contributed by atoms with E-state index in [1.807, 2.05) is 73.6 Å². The summed E-state index contributed by atoms with van der Waals surface area (Å²) < 4.78 is 0. The van der Waals surface area contributed by atoms with Crippen LogP contribution in [0.1, 0.15) is 0 Å². The lowest BCUT2D eigenvalue weighted by Crippen LogP contribution is -2.07. The Morgan fingerprint density at radius 3 is 2.30 bits per heavy atom. The SMILES string of the molecule is CN(C)c1ccc(N=NN=C=[SH]c2ccccc2)cc1. The molecule has 0 atom stereocenters. The van der Waals surface area contributed by atoms with Gasteiger partial charge in [-0.05, 0) is 41.6 Å². The van der Waals surface area contributed by atoms with Crippen LogP contribution in [-0.2, 0) is 0 Å². The normalized spacial score (nSPS) is 10.3. The van der Waals surface area contributed by atoms with E-state index in [2.05, 4.69) is 20.6 Å². The maximum atomic E-state index is 4.01. The Morgan fingerprint density at radius 1 is 0.950 bits per heavy atom. The highest BCUT2D eigenvalue weighted by molar-refractivity contribution is 7.97. The van der Waals surface area contributed by atoms with Gasteiger partial charge in [-0.15, -0.1) is 16.5 Å². The van der Waals surface area contributed by atoms with Gasteiger partial charge >= 0.3 is 0 Å². The molecular weight excluding hydrogens is 268 g/mol. The summed E-state index contributed by atoms with van der Waals surface area (Å²) >= 11 is 0.887. The van der Waals surface area contributed by atoms with Crippen LogP contribution < -0.4 is 4.90 Å². The summed E-state index contributed by atoms with van der Waals surface area (Å²) in [4.78, 5) is 3.16. The van der Waals surface area contributed by atoms with Crippen LogP contribution in [0, 0.1) is 0 Å². The number of isothiocyanates is 1. The number of hydrogen-bond acceptors (Lipinski definition) is 3. The van der Waals surface area contributed by atoms with Gasteiger partial charge in [-0.1, -0.05) is 23.3 Å². The summed E-state index contributed by atoms with van der Waals surface area (Å²) in [7, 11) is 4.00. The van der Waals surface area contributed by atoms with Gasteiger partial charge in [0, 0.05) is 29.8 Å². The molecular formula is C15H16N4S. The fourth-order valence-electron chi connectivity index (χ4n) is 1.49. The summed E-state index contributed by atoms with van der Waals surface area (Å²) in [5.41, 5.74) is 1.90. The second-order valence-corrected chi connectivity index (χ2v) is 5.19. The molecule has 5 heteroatoms. The molecule has 2 aromatic rings. The lowest BCUT2D eigenvalue weighted by molar-refractivity contribution is 1.07. The predicted molar refractivity (Wildman–Crippen MR) is 86.4 cm³/mol. The van der Waals surface area contributed by atoms with Crippen molar-refractivity contribution in [3.05, 3.63) is 54.6 Å². The lowest BCUT2D eigenvalue weighted by Gasteiger charge is -2.11. The summed E-state index contributed by atoms with van der Waals surface area (Å²) in [6, 6.07) is 17.8. The van der Waals surface area contributed by atoms with E-state index in [9.17, 15) is 0 Å². The van der Waals surface area contributed by atoms with E-state index in [1.54, 1.807) is 0 Å². The van der Waals surface area contributed by atoms with E-state index in [4.69, 9.17) is 0 Å². The van der Waals surface area contributed by atoms with Gasteiger partial charge in [-0.3, -0.25) is 0 Å². The Labute approximate surface area is 122 Å². The van der Waals surface area contributed by atoms with Crippen LogP contribution in [0.2, 0.25) is 0 Å². The number of anilines is 1. The molecule has 0 radical (unpaired) electrons. The standard InChI is InChI=1S/C15H16N4S/c1-19(2)14-10-8-13(9-11-14)17-18-16-12-20-15-6-4-3-5-7-15/h3-11,20H,1-2H3. The number of thiol groups is 1. The lowest BCUT2D eigenvalue weighted by atomic mass is 10.3. The van der Waals surface area contributed by atoms with Crippen molar-refractivity contribution in [3.63, 3.8) is 0 Å². The Morgan fingerprint density at radius 2 is 1.65 bits per heavy atom. The molecule has 0 amide bonds. The summed E-state index contributed by atoms with van der Waals surface area (Å²) in [6.07, 6.45) is 0. The molecule has 0 N–H and O–H groups in total. The topological polar surface area (TPSA) is 40.3 Å². The molecule has 20 heavy (non-hydrogen) atoms. The monoisotopic (exact) mass is 284 g/mol. The Bertz CT molecular complexity index is 627. The zero-order valence-corrected chi connectivity index (χ0v) is 12.3. The van der Waals surface area contributed by atoms with E-state index < -0.39 is 0 Å². The van der Waals surface area contributed by atoms with Gasteiger partial charge < -0.3 is 4.90 Å². The van der Waals surface area contributed by atoms with Crippen molar-refractivity contribution < 1.29 is 0 Å². The minimum absolute atomic E-state index is 0.775. The number of hydrogen-bond donors (Lipinski definition) is 1. The van der Waals surface area contributed by atoms with Crippen molar-refractivity contribution in [2.24, 2.45) is 15.4 Å². The van der Waals surface area contributed by atoms with Crippen LogP contribution >= 0.6 is 11.4 Å². The minimum Gasteiger partial charge on any atom is -0.378 e. The second kappa shape index (κ2) is 7.38. The molecule has 0 fully saturated rings. The summed E-state index contributed by atoms with van der Waals surface area (Å²) in [5, 5.41) is 14.4. The molecule has 0 aliphatic rings. The maximum absolute atomic E-state index is 4.01. The van der Waals surface area contributed by atoms with E-state index in [-0.39, 0.29) is 0 Å². The first-order valence-electron chi connectivity index (χ1n) is 6.14. The molecule has 102 valence electrons. The largest absolute Gasteiger partial charge is 0.378 e. The third-order valence-electron chi connectivity index (χ3n) is 2.55. The molecule has 0 saturated heterocycles. The highest BCUT2D eigenvalue weighted by Crippen LogP contribution is 2.18. The van der Waals surface area contributed by atoms with Crippen molar-refractivity contribution in [2.75, 3.05) is 19.0 Å². The third-order valence-corrected chi connectivity index (χ3v) is 3.30. The van der Waals surface area contributed by atoms with Gasteiger partial charge in [0.25, 0.3) is 0 Å². The van der Waals surface area contributed by atoms with Gasteiger partial charge in [-0.25, -0.2) is 0 Å². The Kier molecular flexibility index (Phi) is 5.24. The average molecular weight is 284 g/mol. The van der Waals surface area contributed by atoms with Crippen molar-refractivity contribution in [1.29, 1.82) is 0 Å². The first kappa shape index (κ1) is 14.2. The highest BCUT2D eigenvalue weighted by atomic mass is 32.1. The number of rotatable bonds is 4. The fraction of sp³-hybridized carbons (Fsp3) is 0.133. The Hall–Kier alpha value is -2.23. The highest BCUT2D eigenvalue weighted by Gasteiger charge is 1.94. The molecule has 2 aromatic carbocycles. The van der Waals surface area contributed by atoms with Crippen molar-refractivity contribution in [3.8, 4) is 0 Å². The van der Waals surface area contributed by atoms with Crippen molar-refractivity contribution in [1.82, 2.24) is 0 Å². The first-order valence-corrected chi connectivity index (χ1v) is 7.04. The molecule has 0 aliphatic carbocycles. The third kappa shape index (κ3) is 4.46. The maximum Gasteiger partial charge on any atom is 0.0876 e. The van der Waals surface area contributed by atoms with Crippen LogP contribution in [0.5, 0.6) is 0 Å². The van der Waals surface area contributed by atoms with E-state index >= 15 is 0 Å². The van der Waals surface area contributed by atoms with Gasteiger partial charge in [-0.2, -0.15) is 0 Å². The van der Waals surface area contributed by atoms with Crippen LogP contribution in [0.25, 0.3) is 0 Å². The minimum atomic E-state index is 0.775. The van der Waals surface area contributed by atoms with E-state index in [0.29, 0.717) is 0 Å². The molecule has 0 aromatic heterocycles. The van der Waals surface area contributed by atoms with Crippen LogP contribution in [0.15, 0.2) is 74.9 Å². The van der Waals surface area contributed by atoms with Crippen LogP contribution in [0.4, 0.5) is 11.4 Å². The molecule has 2 rings (SSSR count). The zero-order chi connectivity index (χ0) is 14.2. The molecule has 0 saturated carbocycles. The van der Waals surface area contributed by atoms with E-state index in [0.717, 1.165) is 27.6 Å². The summed E-state index contributed by atoms with van der Waals surface area (Å²) in [6.45, 7) is 0. The molecule has 0 aliphatic heterocycles. The molecule has 4 nitrogen and oxygen atoms in total. The summed E-state index contributed by atoms with van der Waals surface area (Å²) in [5.74, 6) is 0. The van der Waals surface area contributed by atoms with Gasteiger partial charge in [0.05, 0.1) is 5.69 Å². The smallest absolute Gasteiger partial charge is 0.0876 e. The zero-order valence-electron chi connectivity index (χ0n) is 11.4. The Balaban J connectivity index is 1.98. The van der Waals surface area contributed by atoms with E-state index in [1.165, 1.54) is 0 Å². The first-order chi connectivity index (χ1) is 9.75. The van der Waals surface area contributed by atoms with Crippen molar-refractivity contribution >= 4 is 27.9 Å². The predicted octanol–water partition coefficient (Wildman–Crippen LogP) is 4.18. The molecule has 0 unspecified atom stereocenters. The van der Waals surface area contributed by atoms with Gasteiger partial charge in [0.1, 0.15) is 0 Å². The van der Waals surface area contributed by atoms with Crippen LogP contribution in [-0.4, -0.2) is 19.3 Å². The van der Waals surface area contributed by atoms with Crippen molar-refractivity contribution in [2.45, 2.75) is 4.90 Å². The average Bonchev–Trinajstić information content (AvgIpc) is 2.48. The fourth-order valence-corrected chi connectivity index (χ4v) is 2.02. The van der Waals surface area contributed by atoms with Crippen LogP contribution in [0.3, 0.4) is 0 Å². The van der Waals surface area contributed by atoms with Gasteiger partial charge in [0.15, 0.2) is 0 Å². The number of benzene rings is 2.